The van der Waals surface area contributed by atoms with E-state index in [0.717, 1.165) is 25.2 Å². The van der Waals surface area contributed by atoms with Gasteiger partial charge in [0.15, 0.2) is 11.5 Å². The third kappa shape index (κ3) is 4.38. The number of alkyl halides is 3. The third-order valence-corrected chi connectivity index (χ3v) is 6.25. The number of carbonyl (C=O) groups excluding carboxylic acids is 1. The molecule has 0 saturated heterocycles. The number of fused-ring (bicyclic) bond motifs is 1. The maximum absolute atomic E-state index is 12.7. The van der Waals surface area contributed by atoms with Gasteiger partial charge < -0.3 is 20.4 Å². The van der Waals surface area contributed by atoms with Gasteiger partial charge >= 0.3 is 6.18 Å². The van der Waals surface area contributed by atoms with Crippen molar-refractivity contribution in [1.29, 1.82) is 0 Å². The van der Waals surface area contributed by atoms with Gasteiger partial charge in [-0.2, -0.15) is 18.2 Å². The van der Waals surface area contributed by atoms with Gasteiger partial charge in [-0.15, -0.1) is 0 Å². The molecule has 1 amide bonds. The summed E-state index contributed by atoms with van der Waals surface area (Å²) in [5, 5.41) is 6.27. The lowest BCUT2D eigenvalue weighted by Gasteiger charge is -2.42. The Morgan fingerprint density at radius 1 is 1.21 bits per heavy atom. The van der Waals surface area contributed by atoms with E-state index >= 15 is 0 Å². The van der Waals surface area contributed by atoms with Crippen LogP contribution in [0.5, 0.6) is 0 Å². The van der Waals surface area contributed by atoms with Crippen LogP contribution in [0.2, 0.25) is 0 Å². The lowest BCUT2D eigenvalue weighted by Crippen LogP contribution is -2.50. The van der Waals surface area contributed by atoms with E-state index in [1.54, 1.807) is 7.05 Å². The van der Waals surface area contributed by atoms with E-state index in [-0.39, 0.29) is 30.0 Å². The minimum Gasteiger partial charge on any atom is -0.355 e. The largest absolute Gasteiger partial charge is 0.434 e. The molecule has 0 unspecified atom stereocenters. The number of rotatable bonds is 5. The van der Waals surface area contributed by atoms with Crippen LogP contribution in [-0.4, -0.2) is 58.1 Å². The van der Waals surface area contributed by atoms with Gasteiger partial charge in [-0.3, -0.25) is 4.79 Å². The molecule has 0 radical (unpaired) electrons. The number of hydrogen-bond acceptors (Lipinski definition) is 8. The lowest BCUT2D eigenvalue weighted by molar-refractivity contribution is -0.141. The van der Waals surface area contributed by atoms with E-state index in [1.165, 1.54) is 0 Å². The fourth-order valence-corrected chi connectivity index (χ4v) is 4.32. The molecule has 0 bridgehead atoms. The molecule has 1 aliphatic heterocycles. The highest BCUT2D eigenvalue weighted by atomic mass is 19.4. The first-order valence-electron chi connectivity index (χ1n) is 10.8. The highest BCUT2D eigenvalue weighted by Crippen LogP contribution is 2.36. The fraction of sp³-hybridized carbons (Fsp3) is 0.571. The smallest absolute Gasteiger partial charge is 0.355 e. The zero-order chi connectivity index (χ0) is 24.1. The predicted octanol–water partition coefficient (Wildman–Crippen LogP) is 3.09. The Balaban J connectivity index is 1.41. The monoisotopic (exact) mass is 464 g/mol. The lowest BCUT2D eigenvalue weighted by atomic mass is 9.86. The molecule has 1 fully saturated rings. The molecular weight excluding hydrogens is 437 g/mol. The highest BCUT2D eigenvalue weighted by molar-refractivity contribution is 6.03. The van der Waals surface area contributed by atoms with Gasteiger partial charge in [-0.1, -0.05) is 13.8 Å². The number of halogens is 3. The molecule has 2 N–H and O–H groups in total. The summed E-state index contributed by atoms with van der Waals surface area (Å²) in [4.78, 5) is 32.7. The maximum Gasteiger partial charge on any atom is 0.434 e. The number of nitrogens with zero attached hydrogens (tertiary/aromatic N) is 6. The summed E-state index contributed by atoms with van der Waals surface area (Å²) in [6.45, 7) is 5.81. The Hall–Kier alpha value is -3.18. The maximum atomic E-state index is 12.7. The van der Waals surface area contributed by atoms with Crippen LogP contribution < -0.4 is 20.4 Å². The molecule has 3 heterocycles. The van der Waals surface area contributed by atoms with Crippen molar-refractivity contribution in [2.45, 2.75) is 57.9 Å². The average Bonchev–Trinajstić information content (AvgIpc) is 2.70. The summed E-state index contributed by atoms with van der Waals surface area (Å²) in [5.74, 6) is 1.60. The molecule has 4 rings (SSSR count). The second-order valence-corrected chi connectivity index (χ2v) is 8.96. The molecule has 2 aliphatic rings. The van der Waals surface area contributed by atoms with E-state index in [9.17, 15) is 18.0 Å². The summed E-state index contributed by atoms with van der Waals surface area (Å²) in [6, 6.07) is -0.0903. The number of aryl methyl sites for hydroxylation is 1. The molecule has 12 heteroatoms. The molecule has 178 valence electrons. The number of carbonyl (C=O) groups is 1. The first-order chi connectivity index (χ1) is 15.5. The van der Waals surface area contributed by atoms with Crippen LogP contribution in [0.4, 0.5) is 36.4 Å². The van der Waals surface area contributed by atoms with Crippen molar-refractivity contribution in [2.75, 3.05) is 34.5 Å². The zero-order valence-electron chi connectivity index (χ0n) is 19.1. The molecule has 9 nitrogen and oxygen atoms in total. The van der Waals surface area contributed by atoms with Crippen molar-refractivity contribution < 1.29 is 18.0 Å². The van der Waals surface area contributed by atoms with Crippen LogP contribution in [0.1, 0.15) is 38.1 Å². The number of hydrogen-bond donors (Lipinski definition) is 2. The molecule has 1 saturated carbocycles. The Labute approximate surface area is 189 Å². The normalized spacial score (nSPS) is 22.5. The van der Waals surface area contributed by atoms with Gasteiger partial charge in [0.25, 0.3) is 0 Å². The summed E-state index contributed by atoms with van der Waals surface area (Å²) in [7, 11) is 3.65. The highest BCUT2D eigenvalue weighted by Gasteiger charge is 2.37. The third-order valence-electron chi connectivity index (χ3n) is 6.25. The van der Waals surface area contributed by atoms with Crippen LogP contribution in [0.25, 0.3) is 0 Å². The number of amides is 1. The Kier molecular flexibility index (Phi) is 5.79. The first kappa shape index (κ1) is 23.0. The summed E-state index contributed by atoms with van der Waals surface area (Å²) in [6.07, 6.45) is -1.10. The van der Waals surface area contributed by atoms with E-state index in [1.807, 2.05) is 37.6 Å². The van der Waals surface area contributed by atoms with Gasteiger partial charge in [0.1, 0.15) is 17.5 Å². The minimum absolute atomic E-state index is 0.0661. The van der Waals surface area contributed by atoms with Gasteiger partial charge in [0.2, 0.25) is 11.9 Å². The molecular formula is C21H27F3N8O. The van der Waals surface area contributed by atoms with Crippen molar-refractivity contribution in [3.05, 3.63) is 23.8 Å². The van der Waals surface area contributed by atoms with E-state index in [4.69, 9.17) is 0 Å². The molecule has 2 aromatic rings. The number of nitrogens with one attached hydrogen (secondary N) is 2. The van der Waals surface area contributed by atoms with Crippen molar-refractivity contribution in [2.24, 2.45) is 5.92 Å². The van der Waals surface area contributed by atoms with Gasteiger partial charge in [-0.25, -0.2) is 15.0 Å². The number of likely N-dealkylation sites (N-methyl/N-ethyl adjacent to an activating group) is 1. The average molecular weight is 464 g/mol. The molecule has 1 aliphatic carbocycles. The SMILES string of the molecule is Cc1nc(N[C@H]2C[C@H](N(C)c3cnc(C(F)(F)F)cn3)C2)nc2c1NC(=O)[C@H](C(C)C)N2C. The van der Waals surface area contributed by atoms with Crippen molar-refractivity contribution in [3.8, 4) is 0 Å². The van der Waals surface area contributed by atoms with E-state index in [0.29, 0.717) is 29.0 Å². The molecule has 1 atom stereocenters. The predicted molar refractivity (Wildman–Crippen MR) is 118 cm³/mol. The summed E-state index contributed by atoms with van der Waals surface area (Å²) in [5.41, 5.74) is 0.295. The Bertz CT molecular complexity index is 1040. The van der Waals surface area contributed by atoms with Crippen LogP contribution in [0.15, 0.2) is 12.4 Å². The standard InChI is InChI=1S/C21H27F3N8O/c1-10(2)17-19(33)29-16-11(3)27-20(30-18(16)32(17)5)28-12-6-13(7-12)31(4)15-9-25-14(8-26-15)21(22,23)24/h8-10,12-13,17H,6-7H2,1-5H3,(H,29,33)(H,27,28,30)/t12-,13-,17-/m0/s1. The molecule has 0 aromatic carbocycles. The topological polar surface area (TPSA) is 99.2 Å². The van der Waals surface area contributed by atoms with Crippen molar-refractivity contribution >= 4 is 29.2 Å². The number of anilines is 4. The second kappa shape index (κ2) is 8.31. The van der Waals surface area contributed by atoms with Crippen LogP contribution in [0.3, 0.4) is 0 Å². The van der Waals surface area contributed by atoms with Gasteiger partial charge in [-0.05, 0) is 25.7 Å². The van der Waals surface area contributed by atoms with Crippen LogP contribution >= 0.6 is 0 Å². The van der Waals surface area contributed by atoms with Crippen LogP contribution in [-0.2, 0) is 11.0 Å². The fourth-order valence-electron chi connectivity index (χ4n) is 4.32. The van der Waals surface area contributed by atoms with E-state index < -0.39 is 11.9 Å². The minimum atomic E-state index is -4.51. The van der Waals surface area contributed by atoms with Crippen LogP contribution in [0, 0.1) is 12.8 Å². The van der Waals surface area contributed by atoms with Gasteiger partial charge in [0, 0.05) is 26.2 Å². The Morgan fingerprint density at radius 3 is 2.48 bits per heavy atom. The number of aromatic nitrogens is 4. The Morgan fingerprint density at radius 2 is 1.91 bits per heavy atom. The second-order valence-electron chi connectivity index (χ2n) is 8.96. The summed E-state index contributed by atoms with van der Waals surface area (Å²) >= 11 is 0. The van der Waals surface area contributed by atoms with Crippen molar-refractivity contribution in [3.63, 3.8) is 0 Å². The summed E-state index contributed by atoms with van der Waals surface area (Å²) < 4.78 is 38.1. The molecule has 2 aromatic heterocycles. The van der Waals surface area contributed by atoms with Crippen molar-refractivity contribution in [1.82, 2.24) is 19.9 Å². The molecule has 33 heavy (non-hydrogen) atoms. The first-order valence-corrected chi connectivity index (χ1v) is 10.8. The van der Waals surface area contributed by atoms with Gasteiger partial charge in [0.05, 0.1) is 18.1 Å². The zero-order valence-corrected chi connectivity index (χ0v) is 19.1. The molecule has 0 spiro atoms. The van der Waals surface area contributed by atoms with E-state index in [2.05, 4.69) is 30.6 Å². The quantitative estimate of drug-likeness (QED) is 0.697.